The Labute approximate surface area is 156 Å². The summed E-state index contributed by atoms with van der Waals surface area (Å²) in [5.41, 5.74) is 4.84. The first kappa shape index (κ1) is 16.7. The first-order valence-electron chi connectivity index (χ1n) is 8.54. The zero-order valence-electron chi connectivity index (χ0n) is 14.5. The van der Waals surface area contributed by atoms with Crippen molar-refractivity contribution in [2.75, 3.05) is 0 Å². The van der Waals surface area contributed by atoms with E-state index in [0.29, 0.717) is 12.2 Å². The lowest BCUT2D eigenvalue weighted by molar-refractivity contribution is 0.0946. The lowest BCUT2D eigenvalue weighted by atomic mass is 10.1. The molecule has 1 amide bonds. The van der Waals surface area contributed by atoms with Gasteiger partial charge in [-0.15, -0.1) is 0 Å². The van der Waals surface area contributed by atoms with Gasteiger partial charge in [0.15, 0.2) is 0 Å². The van der Waals surface area contributed by atoms with Crippen LogP contribution in [0, 0.1) is 0 Å². The molecule has 0 spiro atoms. The fourth-order valence-corrected chi connectivity index (χ4v) is 2.69. The van der Waals surface area contributed by atoms with Crippen LogP contribution in [0.25, 0.3) is 22.5 Å². The molecule has 0 bridgehead atoms. The van der Waals surface area contributed by atoms with Gasteiger partial charge in [0.2, 0.25) is 0 Å². The molecule has 6 heteroatoms. The van der Waals surface area contributed by atoms with Crippen molar-refractivity contribution < 1.29 is 4.79 Å². The minimum Gasteiger partial charge on any atom is -0.347 e. The van der Waals surface area contributed by atoms with E-state index in [-0.39, 0.29) is 5.91 Å². The Morgan fingerprint density at radius 3 is 2.52 bits per heavy atom. The minimum atomic E-state index is -0.207. The number of carbonyl (C=O) groups excluding carboxylic acids is 1. The Hall–Kier alpha value is -3.80. The molecule has 0 saturated heterocycles. The zero-order valence-corrected chi connectivity index (χ0v) is 14.5. The number of nitrogens with zero attached hydrogens (tertiary/aromatic N) is 3. The van der Waals surface area contributed by atoms with Gasteiger partial charge in [-0.05, 0) is 29.8 Å². The second-order valence-corrected chi connectivity index (χ2v) is 6.01. The lowest BCUT2D eigenvalue weighted by Gasteiger charge is -2.05. The van der Waals surface area contributed by atoms with E-state index < -0.39 is 0 Å². The molecule has 2 N–H and O–H groups in total. The van der Waals surface area contributed by atoms with Gasteiger partial charge in [-0.3, -0.25) is 19.9 Å². The molecule has 4 rings (SSSR count). The van der Waals surface area contributed by atoms with Gasteiger partial charge in [0.05, 0.1) is 11.4 Å². The normalized spacial score (nSPS) is 10.5. The molecule has 132 valence electrons. The SMILES string of the molecule is O=C(NCc1ccc(-c2cccnc2)nc1)c1cc(-c2ccccc2)n[nH]1. The fraction of sp³-hybridized carbons (Fsp3) is 0.0476. The molecular weight excluding hydrogens is 338 g/mol. The van der Waals surface area contributed by atoms with Gasteiger partial charge in [-0.25, -0.2) is 0 Å². The van der Waals surface area contributed by atoms with Crippen molar-refractivity contribution in [1.29, 1.82) is 0 Å². The number of aromatic amines is 1. The van der Waals surface area contributed by atoms with Gasteiger partial charge in [-0.2, -0.15) is 5.10 Å². The minimum absolute atomic E-state index is 0.207. The molecule has 3 aromatic heterocycles. The highest BCUT2D eigenvalue weighted by Crippen LogP contribution is 2.17. The summed E-state index contributed by atoms with van der Waals surface area (Å²) in [7, 11) is 0. The van der Waals surface area contributed by atoms with Crippen LogP contribution in [-0.2, 0) is 6.54 Å². The molecule has 27 heavy (non-hydrogen) atoms. The van der Waals surface area contributed by atoms with Crippen LogP contribution < -0.4 is 5.32 Å². The number of nitrogens with one attached hydrogen (secondary N) is 2. The van der Waals surface area contributed by atoms with Crippen molar-refractivity contribution in [2.24, 2.45) is 0 Å². The highest BCUT2D eigenvalue weighted by atomic mass is 16.1. The third-order valence-electron chi connectivity index (χ3n) is 4.13. The second-order valence-electron chi connectivity index (χ2n) is 6.01. The van der Waals surface area contributed by atoms with Crippen LogP contribution in [0.5, 0.6) is 0 Å². The Morgan fingerprint density at radius 2 is 1.78 bits per heavy atom. The van der Waals surface area contributed by atoms with Gasteiger partial charge < -0.3 is 5.32 Å². The summed E-state index contributed by atoms with van der Waals surface area (Å²) >= 11 is 0. The van der Waals surface area contributed by atoms with Crippen LogP contribution >= 0.6 is 0 Å². The highest BCUT2D eigenvalue weighted by Gasteiger charge is 2.11. The Balaban J connectivity index is 1.39. The van der Waals surface area contributed by atoms with Gasteiger partial charge in [-0.1, -0.05) is 36.4 Å². The van der Waals surface area contributed by atoms with E-state index in [2.05, 4.69) is 25.5 Å². The molecule has 4 aromatic rings. The van der Waals surface area contributed by atoms with Gasteiger partial charge in [0.25, 0.3) is 5.91 Å². The van der Waals surface area contributed by atoms with E-state index >= 15 is 0 Å². The lowest BCUT2D eigenvalue weighted by Crippen LogP contribution is -2.23. The molecule has 0 radical (unpaired) electrons. The number of aromatic nitrogens is 4. The van der Waals surface area contributed by atoms with E-state index in [1.807, 2.05) is 54.6 Å². The van der Waals surface area contributed by atoms with E-state index in [4.69, 9.17) is 0 Å². The number of carbonyl (C=O) groups is 1. The van der Waals surface area contributed by atoms with Crippen LogP contribution in [0.15, 0.2) is 79.3 Å². The maximum atomic E-state index is 12.3. The number of rotatable bonds is 5. The number of H-pyrrole nitrogens is 1. The first-order chi connectivity index (χ1) is 13.3. The van der Waals surface area contributed by atoms with Crippen molar-refractivity contribution in [3.63, 3.8) is 0 Å². The summed E-state index contributed by atoms with van der Waals surface area (Å²) in [4.78, 5) is 20.9. The van der Waals surface area contributed by atoms with Crippen molar-refractivity contribution in [3.05, 3.63) is 90.5 Å². The van der Waals surface area contributed by atoms with Crippen LogP contribution in [-0.4, -0.2) is 26.1 Å². The van der Waals surface area contributed by atoms with E-state index in [1.54, 1.807) is 24.7 Å². The predicted molar refractivity (Wildman–Crippen MR) is 103 cm³/mol. The van der Waals surface area contributed by atoms with Crippen LogP contribution in [0.1, 0.15) is 16.1 Å². The maximum Gasteiger partial charge on any atom is 0.269 e. The van der Waals surface area contributed by atoms with Crippen LogP contribution in [0.4, 0.5) is 0 Å². The number of benzene rings is 1. The number of amides is 1. The summed E-state index contributed by atoms with van der Waals surface area (Å²) in [6.07, 6.45) is 5.25. The Kier molecular flexibility index (Phi) is 4.70. The zero-order chi connectivity index (χ0) is 18.5. The van der Waals surface area contributed by atoms with Crippen molar-refractivity contribution in [2.45, 2.75) is 6.54 Å². The maximum absolute atomic E-state index is 12.3. The molecule has 0 atom stereocenters. The number of pyridine rings is 2. The van der Waals surface area contributed by atoms with E-state index in [0.717, 1.165) is 28.1 Å². The second kappa shape index (κ2) is 7.61. The average Bonchev–Trinajstić information content (AvgIpc) is 3.24. The standard InChI is InChI=1S/C21H17N5O/c27-21(20-11-19(25-26-20)16-5-2-1-3-6-16)24-13-15-8-9-18(23-12-15)17-7-4-10-22-14-17/h1-12,14H,13H2,(H,24,27)(H,25,26). The van der Waals surface area contributed by atoms with E-state index in [1.165, 1.54) is 0 Å². The third kappa shape index (κ3) is 3.90. The molecule has 0 fully saturated rings. The van der Waals surface area contributed by atoms with Gasteiger partial charge >= 0.3 is 0 Å². The molecule has 0 aliphatic rings. The predicted octanol–water partition coefficient (Wildman–Crippen LogP) is 3.46. The largest absolute Gasteiger partial charge is 0.347 e. The molecule has 0 unspecified atom stereocenters. The van der Waals surface area contributed by atoms with Gasteiger partial charge in [0, 0.05) is 36.3 Å². The van der Waals surface area contributed by atoms with Crippen LogP contribution in [0.3, 0.4) is 0 Å². The third-order valence-corrected chi connectivity index (χ3v) is 4.13. The van der Waals surface area contributed by atoms with Crippen molar-refractivity contribution >= 4 is 5.91 Å². The highest BCUT2D eigenvalue weighted by molar-refractivity contribution is 5.93. The van der Waals surface area contributed by atoms with Crippen molar-refractivity contribution in [1.82, 2.24) is 25.5 Å². The number of hydrogen-bond acceptors (Lipinski definition) is 4. The topological polar surface area (TPSA) is 83.6 Å². The summed E-state index contributed by atoms with van der Waals surface area (Å²) in [5, 5.41) is 9.87. The molecule has 6 nitrogen and oxygen atoms in total. The molecular formula is C21H17N5O. The summed E-state index contributed by atoms with van der Waals surface area (Å²) in [6.45, 7) is 0.388. The van der Waals surface area contributed by atoms with Crippen molar-refractivity contribution in [3.8, 4) is 22.5 Å². The molecule has 0 saturated carbocycles. The monoisotopic (exact) mass is 355 g/mol. The Bertz CT molecular complexity index is 1030. The quantitative estimate of drug-likeness (QED) is 0.574. The Morgan fingerprint density at radius 1 is 0.926 bits per heavy atom. The fourth-order valence-electron chi connectivity index (χ4n) is 2.69. The first-order valence-corrected chi connectivity index (χ1v) is 8.54. The molecule has 0 aliphatic heterocycles. The average molecular weight is 355 g/mol. The van der Waals surface area contributed by atoms with Crippen LogP contribution in [0.2, 0.25) is 0 Å². The number of hydrogen-bond donors (Lipinski definition) is 2. The molecule has 1 aromatic carbocycles. The summed E-state index contributed by atoms with van der Waals surface area (Å²) < 4.78 is 0. The molecule has 0 aliphatic carbocycles. The smallest absolute Gasteiger partial charge is 0.269 e. The summed E-state index contributed by atoms with van der Waals surface area (Å²) in [5.74, 6) is -0.207. The van der Waals surface area contributed by atoms with E-state index in [9.17, 15) is 4.79 Å². The molecule has 3 heterocycles. The summed E-state index contributed by atoms with van der Waals surface area (Å²) in [6, 6.07) is 19.2. The van der Waals surface area contributed by atoms with Gasteiger partial charge in [0.1, 0.15) is 5.69 Å².